The molecular formula is C24H27KN3O5S. The minimum atomic E-state index is -3.34. The van der Waals surface area contributed by atoms with Crippen LogP contribution in [0.15, 0.2) is 58.3 Å². The third-order valence-corrected chi connectivity index (χ3v) is 5.49. The number of rotatable bonds is 6. The fraction of sp³-hybridized carbons (Fsp3) is 0.250. The van der Waals surface area contributed by atoms with E-state index in [1.165, 1.54) is 16.8 Å². The second-order valence-electron chi connectivity index (χ2n) is 8.68. The Hall–Kier alpha value is -1.95. The van der Waals surface area contributed by atoms with Gasteiger partial charge < -0.3 is 4.74 Å². The van der Waals surface area contributed by atoms with Crippen molar-refractivity contribution < 1.29 is 13.2 Å². The molecule has 0 spiro atoms. The van der Waals surface area contributed by atoms with Crippen LogP contribution in [0.1, 0.15) is 37.5 Å². The molecule has 0 amide bonds. The predicted molar refractivity (Wildman–Crippen MR) is 138 cm³/mol. The third-order valence-electron chi connectivity index (χ3n) is 4.89. The van der Waals surface area contributed by atoms with Crippen molar-refractivity contribution in [2.24, 2.45) is 0 Å². The van der Waals surface area contributed by atoms with Gasteiger partial charge in [-0.1, -0.05) is 45.1 Å². The number of H-pyrrole nitrogens is 1. The van der Waals surface area contributed by atoms with E-state index in [-0.39, 0.29) is 56.8 Å². The minimum Gasteiger partial charge on any atom is -0.496 e. The topological polar surface area (TPSA) is 110 Å². The number of aromatic amines is 1. The minimum absolute atomic E-state index is 0. The Morgan fingerprint density at radius 3 is 2.21 bits per heavy atom. The molecule has 1 heterocycles. The van der Waals surface area contributed by atoms with E-state index in [2.05, 4.69) is 9.71 Å². The zero-order valence-electron chi connectivity index (χ0n) is 20.2. The summed E-state index contributed by atoms with van der Waals surface area (Å²) in [6, 6.07) is 11.9. The molecule has 3 rings (SSSR count). The number of hydrogen-bond donors (Lipinski definition) is 2. The van der Waals surface area contributed by atoms with Crippen molar-refractivity contribution in [1.29, 1.82) is 0 Å². The second kappa shape index (κ2) is 11.2. The van der Waals surface area contributed by atoms with Gasteiger partial charge in [0.2, 0.25) is 10.0 Å². The fourth-order valence-corrected chi connectivity index (χ4v) is 3.93. The Morgan fingerprint density at radius 2 is 1.68 bits per heavy atom. The van der Waals surface area contributed by atoms with Crippen LogP contribution >= 0.6 is 0 Å². The molecule has 10 heteroatoms. The maximum atomic E-state index is 12.4. The Bertz CT molecular complexity index is 1420. The van der Waals surface area contributed by atoms with Crippen LogP contribution in [0.2, 0.25) is 0 Å². The van der Waals surface area contributed by atoms with Crippen molar-refractivity contribution in [2.75, 3.05) is 18.1 Å². The van der Waals surface area contributed by atoms with E-state index in [0.29, 0.717) is 17.1 Å². The number of methoxy groups -OCH3 is 1. The van der Waals surface area contributed by atoms with E-state index in [1.807, 2.05) is 45.1 Å². The van der Waals surface area contributed by atoms with E-state index in [9.17, 15) is 18.0 Å². The maximum absolute atomic E-state index is 12.4. The number of aromatic nitrogens is 2. The monoisotopic (exact) mass is 508 g/mol. The molecule has 2 aromatic carbocycles. The molecule has 0 unspecified atom stereocenters. The molecular weight excluding hydrogens is 481 g/mol. The number of nitrogens with zero attached hydrogens (tertiary/aromatic N) is 1. The summed E-state index contributed by atoms with van der Waals surface area (Å²) in [4.78, 5) is 26.2. The number of benzene rings is 2. The van der Waals surface area contributed by atoms with Crippen LogP contribution in [0.4, 0.5) is 5.69 Å². The molecule has 3 aromatic rings. The van der Waals surface area contributed by atoms with E-state index in [0.717, 1.165) is 22.9 Å². The molecule has 2 N–H and O–H groups in total. The van der Waals surface area contributed by atoms with Crippen molar-refractivity contribution >= 4 is 79.2 Å². The van der Waals surface area contributed by atoms with Gasteiger partial charge in [-0.3, -0.25) is 19.1 Å². The normalized spacial score (nSPS) is 11.8. The first kappa shape index (κ1) is 28.3. The fourth-order valence-electron chi connectivity index (χ4n) is 3.37. The van der Waals surface area contributed by atoms with Gasteiger partial charge in [-0.2, -0.15) is 0 Å². The van der Waals surface area contributed by atoms with E-state index >= 15 is 0 Å². The van der Waals surface area contributed by atoms with Gasteiger partial charge >= 0.3 is 5.69 Å². The Kier molecular flexibility index (Phi) is 9.31. The number of nitrogens with one attached hydrogen (secondary N) is 2. The third kappa shape index (κ3) is 7.27. The largest absolute Gasteiger partial charge is 0.496 e. The molecule has 1 aromatic heterocycles. The van der Waals surface area contributed by atoms with Crippen molar-refractivity contribution in [1.82, 2.24) is 9.55 Å². The van der Waals surface area contributed by atoms with Gasteiger partial charge in [-0.25, -0.2) is 13.2 Å². The molecule has 175 valence electrons. The van der Waals surface area contributed by atoms with Crippen LogP contribution in [0.3, 0.4) is 0 Å². The molecule has 8 nitrogen and oxygen atoms in total. The van der Waals surface area contributed by atoms with Crippen LogP contribution in [0.5, 0.6) is 5.75 Å². The van der Waals surface area contributed by atoms with Gasteiger partial charge in [0.25, 0.3) is 5.56 Å². The van der Waals surface area contributed by atoms with Gasteiger partial charge in [0.1, 0.15) is 5.75 Å². The molecule has 0 aliphatic heterocycles. The Labute approximate surface area is 241 Å². The van der Waals surface area contributed by atoms with Crippen molar-refractivity contribution in [3.05, 3.63) is 86.2 Å². The molecule has 0 aliphatic carbocycles. The van der Waals surface area contributed by atoms with Gasteiger partial charge in [0.05, 0.1) is 19.1 Å². The van der Waals surface area contributed by atoms with Crippen LogP contribution in [0, 0.1) is 0 Å². The summed E-state index contributed by atoms with van der Waals surface area (Å²) in [5, 5.41) is 0. The van der Waals surface area contributed by atoms with Gasteiger partial charge in [0.15, 0.2) is 0 Å². The zero-order chi connectivity index (χ0) is 24.4. The average Bonchev–Trinajstić information content (AvgIpc) is 2.71. The number of ether oxygens (including phenoxy) is 1. The molecule has 0 bridgehead atoms. The van der Waals surface area contributed by atoms with Gasteiger partial charge in [-0.15, -0.1) is 0 Å². The van der Waals surface area contributed by atoms with Crippen LogP contribution < -0.4 is 20.7 Å². The van der Waals surface area contributed by atoms with E-state index in [1.54, 1.807) is 31.4 Å². The maximum Gasteiger partial charge on any atom is 0.332 e. The summed E-state index contributed by atoms with van der Waals surface area (Å²) in [6.45, 7) is 6.14. The molecule has 0 fully saturated rings. The second-order valence-corrected chi connectivity index (χ2v) is 10.4. The average molecular weight is 509 g/mol. The first-order chi connectivity index (χ1) is 15.4. The van der Waals surface area contributed by atoms with Crippen LogP contribution in [-0.4, -0.2) is 82.7 Å². The molecule has 0 atom stereocenters. The zero-order valence-corrected chi connectivity index (χ0v) is 24.1. The van der Waals surface area contributed by atoms with Crippen LogP contribution in [0.25, 0.3) is 17.8 Å². The van der Waals surface area contributed by atoms with Crippen molar-refractivity contribution in [2.45, 2.75) is 26.2 Å². The standard InChI is InChI=1S/C24H27N3O5S.K/c1-24(2,3)20-15-19(27-13-12-21(28)25-23(27)29)14-17(22(20)32-4)9-6-16-7-10-18(11-8-16)26-33(5,30)31;/h6-15,26H,1-5H3,(H,25,28,29);. The van der Waals surface area contributed by atoms with Crippen LogP contribution in [-0.2, 0) is 15.4 Å². The van der Waals surface area contributed by atoms with Crippen molar-refractivity contribution in [3.63, 3.8) is 0 Å². The Balaban J connectivity index is 0.00000408. The van der Waals surface area contributed by atoms with Gasteiger partial charge in [-0.05, 0) is 35.2 Å². The summed E-state index contributed by atoms with van der Waals surface area (Å²) in [6.07, 6.45) is 6.28. The van der Waals surface area contributed by atoms with Gasteiger partial charge in [0, 0.05) is 80.5 Å². The molecule has 0 aliphatic rings. The Morgan fingerprint density at radius 1 is 1.03 bits per heavy atom. The quantitative estimate of drug-likeness (QED) is 0.393. The van der Waals surface area contributed by atoms with E-state index < -0.39 is 21.3 Å². The SMILES string of the molecule is COc1c(C=Cc2ccc(NS(C)(=O)=O)cc2)cc(-n2ccc(=O)[nH]c2=O)cc1C(C)(C)C.[K]. The number of sulfonamides is 1. The smallest absolute Gasteiger partial charge is 0.332 e. The summed E-state index contributed by atoms with van der Waals surface area (Å²) >= 11 is 0. The molecule has 34 heavy (non-hydrogen) atoms. The molecule has 0 saturated heterocycles. The molecule has 1 radical (unpaired) electrons. The first-order valence-corrected chi connectivity index (χ1v) is 12.1. The van der Waals surface area contributed by atoms with Crippen molar-refractivity contribution in [3.8, 4) is 11.4 Å². The number of anilines is 1. The first-order valence-electron chi connectivity index (χ1n) is 10.2. The summed E-state index contributed by atoms with van der Waals surface area (Å²) in [7, 11) is -1.75. The van der Waals surface area contributed by atoms with E-state index in [4.69, 9.17) is 4.74 Å². The summed E-state index contributed by atoms with van der Waals surface area (Å²) in [5.41, 5.74) is 2.28. The number of hydrogen-bond acceptors (Lipinski definition) is 5. The summed E-state index contributed by atoms with van der Waals surface area (Å²) in [5.74, 6) is 0.676. The molecule has 0 saturated carbocycles. The summed E-state index contributed by atoms with van der Waals surface area (Å²) < 4.78 is 32.3. The predicted octanol–water partition coefficient (Wildman–Crippen LogP) is 2.99.